The molecule has 1 fully saturated rings. The molecule has 2 aromatic heterocycles. The molecule has 1 amide bonds. The van der Waals surface area contributed by atoms with Crippen LogP contribution in [-0.2, 0) is 4.79 Å². The van der Waals surface area contributed by atoms with Crippen LogP contribution in [0.4, 0.5) is 11.4 Å². The number of thiocarbonyl (C=S) groups is 1. The zero-order chi connectivity index (χ0) is 25.4. The highest BCUT2D eigenvalue weighted by molar-refractivity contribution is 7.80. The van der Waals surface area contributed by atoms with E-state index in [9.17, 15) is 4.79 Å². The quantitative estimate of drug-likeness (QED) is 0.336. The Hall–Kier alpha value is -3.97. The number of aromatic nitrogens is 2. The van der Waals surface area contributed by atoms with Gasteiger partial charge in [-0.1, -0.05) is 18.2 Å². The van der Waals surface area contributed by atoms with Crippen molar-refractivity contribution in [2.75, 3.05) is 10.2 Å². The number of hydrogen-bond acceptors (Lipinski definition) is 3. The second kappa shape index (κ2) is 9.59. The van der Waals surface area contributed by atoms with Crippen LogP contribution in [0.5, 0.6) is 0 Å². The van der Waals surface area contributed by atoms with Gasteiger partial charge in [-0.05, 0) is 98.7 Å². The molecule has 182 valence electrons. The lowest BCUT2D eigenvalue weighted by Gasteiger charge is -2.28. The summed E-state index contributed by atoms with van der Waals surface area (Å²) in [6, 6.07) is 24.3. The van der Waals surface area contributed by atoms with E-state index in [0.717, 1.165) is 34.1 Å². The molecule has 2 atom stereocenters. The lowest BCUT2D eigenvalue weighted by molar-refractivity contribution is -0.114. The molecule has 0 bridgehead atoms. The average Bonchev–Trinajstić information content (AvgIpc) is 3.35. The molecule has 1 aliphatic heterocycles. The lowest BCUT2D eigenvalue weighted by Crippen LogP contribution is -2.29. The maximum atomic E-state index is 11.5. The number of benzene rings is 2. The van der Waals surface area contributed by atoms with E-state index in [-0.39, 0.29) is 18.0 Å². The van der Waals surface area contributed by atoms with Gasteiger partial charge in [0.25, 0.3) is 0 Å². The molecular weight excluding hydrogens is 466 g/mol. The number of hydrogen-bond donors (Lipinski definition) is 2. The van der Waals surface area contributed by atoms with Crippen LogP contribution in [0.15, 0.2) is 79.0 Å². The monoisotopic (exact) mass is 495 g/mol. The molecular formula is C29H29N5OS. The summed E-state index contributed by atoms with van der Waals surface area (Å²) in [6.07, 6.45) is 1.82. The van der Waals surface area contributed by atoms with Crippen molar-refractivity contribution in [2.24, 2.45) is 0 Å². The van der Waals surface area contributed by atoms with E-state index in [2.05, 4.69) is 76.2 Å². The summed E-state index contributed by atoms with van der Waals surface area (Å²) in [5.41, 5.74) is 8.50. The molecule has 1 aliphatic rings. The van der Waals surface area contributed by atoms with Crippen molar-refractivity contribution in [3.63, 3.8) is 0 Å². The Kier molecular flexibility index (Phi) is 6.33. The standard InChI is InChI=1S/C29H29N5OS/c1-18-8-7-9-24(16-18)33-19(2)17-25(20(33)3)28-27(26-10-5-6-15-30-26)32-29(36)34(28)23-13-11-22(12-14-23)31-21(4)35/h5-17,27-28H,1-4H3,(H,31,35)(H,32,36)/t27-,28-/m1/s1. The predicted molar refractivity (Wildman–Crippen MR) is 149 cm³/mol. The number of pyridine rings is 1. The Morgan fingerprint density at radius 3 is 2.42 bits per heavy atom. The summed E-state index contributed by atoms with van der Waals surface area (Å²) in [5.74, 6) is -0.0993. The van der Waals surface area contributed by atoms with Gasteiger partial charge in [0.15, 0.2) is 5.11 Å². The van der Waals surface area contributed by atoms with E-state index in [1.807, 2.05) is 48.7 Å². The minimum absolute atomic E-state index is 0.0993. The van der Waals surface area contributed by atoms with Crippen molar-refractivity contribution in [2.45, 2.75) is 39.8 Å². The first-order valence-corrected chi connectivity index (χ1v) is 12.4. The van der Waals surface area contributed by atoms with Crippen LogP contribution in [0.25, 0.3) is 5.69 Å². The molecule has 2 aromatic carbocycles. The lowest BCUT2D eigenvalue weighted by atomic mass is 9.96. The fourth-order valence-electron chi connectivity index (χ4n) is 5.11. The smallest absolute Gasteiger partial charge is 0.221 e. The van der Waals surface area contributed by atoms with Crippen LogP contribution in [0.1, 0.15) is 47.2 Å². The van der Waals surface area contributed by atoms with Crippen LogP contribution in [-0.4, -0.2) is 20.6 Å². The van der Waals surface area contributed by atoms with E-state index in [1.165, 1.54) is 18.1 Å². The number of aryl methyl sites for hydroxylation is 2. The first-order valence-electron chi connectivity index (χ1n) is 12.0. The second-order valence-corrected chi connectivity index (χ2v) is 9.61. The Bertz CT molecular complexity index is 1430. The Morgan fingerprint density at radius 2 is 1.75 bits per heavy atom. The number of nitrogens with zero attached hydrogens (tertiary/aromatic N) is 3. The molecule has 0 spiro atoms. The SMILES string of the molecule is CC(=O)Nc1ccc(N2C(=S)N[C@H](c3ccccn3)[C@H]2c2cc(C)n(-c3cccc(C)c3)c2C)cc1. The van der Waals surface area contributed by atoms with Crippen molar-refractivity contribution in [1.29, 1.82) is 0 Å². The molecule has 0 unspecified atom stereocenters. The third-order valence-corrected chi connectivity index (χ3v) is 6.93. The van der Waals surface area contributed by atoms with Gasteiger partial charge < -0.3 is 20.1 Å². The van der Waals surface area contributed by atoms with Crippen LogP contribution in [0.2, 0.25) is 0 Å². The normalized spacial score (nSPS) is 17.2. The van der Waals surface area contributed by atoms with Gasteiger partial charge in [0.2, 0.25) is 5.91 Å². The zero-order valence-electron chi connectivity index (χ0n) is 20.8. The summed E-state index contributed by atoms with van der Waals surface area (Å²) in [5, 5.41) is 7.01. The van der Waals surface area contributed by atoms with Crippen molar-refractivity contribution >= 4 is 34.6 Å². The summed E-state index contributed by atoms with van der Waals surface area (Å²) >= 11 is 5.88. The molecule has 6 nitrogen and oxygen atoms in total. The molecule has 0 saturated carbocycles. The van der Waals surface area contributed by atoms with E-state index in [4.69, 9.17) is 12.2 Å². The molecule has 1 saturated heterocycles. The van der Waals surface area contributed by atoms with E-state index in [0.29, 0.717) is 5.11 Å². The molecule has 3 heterocycles. The maximum Gasteiger partial charge on any atom is 0.221 e. The Labute approximate surface area is 217 Å². The first-order chi connectivity index (χ1) is 17.3. The number of rotatable bonds is 5. The van der Waals surface area contributed by atoms with Crippen LogP contribution in [0.3, 0.4) is 0 Å². The molecule has 0 radical (unpaired) electrons. The van der Waals surface area contributed by atoms with Crippen LogP contribution in [0, 0.1) is 20.8 Å². The summed E-state index contributed by atoms with van der Waals surface area (Å²) in [7, 11) is 0. The summed E-state index contributed by atoms with van der Waals surface area (Å²) < 4.78 is 2.30. The van der Waals surface area contributed by atoms with Gasteiger partial charge in [0, 0.05) is 41.6 Å². The minimum Gasteiger partial charge on any atom is -0.351 e. The van der Waals surface area contributed by atoms with Gasteiger partial charge in [-0.25, -0.2) is 0 Å². The number of carbonyl (C=O) groups excluding carboxylic acids is 1. The third-order valence-electron chi connectivity index (χ3n) is 6.61. The number of amides is 1. The fourth-order valence-corrected chi connectivity index (χ4v) is 5.45. The predicted octanol–water partition coefficient (Wildman–Crippen LogP) is 5.93. The van der Waals surface area contributed by atoms with Gasteiger partial charge in [0.05, 0.1) is 17.8 Å². The van der Waals surface area contributed by atoms with Gasteiger partial charge >= 0.3 is 0 Å². The second-order valence-electron chi connectivity index (χ2n) is 9.23. The molecule has 7 heteroatoms. The van der Waals surface area contributed by atoms with E-state index < -0.39 is 0 Å². The van der Waals surface area contributed by atoms with Gasteiger partial charge in [-0.15, -0.1) is 0 Å². The van der Waals surface area contributed by atoms with Gasteiger partial charge in [0.1, 0.15) is 0 Å². The Morgan fingerprint density at radius 1 is 0.972 bits per heavy atom. The van der Waals surface area contributed by atoms with E-state index >= 15 is 0 Å². The van der Waals surface area contributed by atoms with Crippen LogP contribution >= 0.6 is 12.2 Å². The molecule has 36 heavy (non-hydrogen) atoms. The summed E-state index contributed by atoms with van der Waals surface area (Å²) in [6.45, 7) is 7.92. The molecule has 2 N–H and O–H groups in total. The van der Waals surface area contributed by atoms with Gasteiger partial charge in [-0.2, -0.15) is 0 Å². The number of nitrogens with one attached hydrogen (secondary N) is 2. The van der Waals surface area contributed by atoms with Crippen molar-refractivity contribution in [3.8, 4) is 5.69 Å². The van der Waals surface area contributed by atoms with Crippen molar-refractivity contribution in [1.82, 2.24) is 14.9 Å². The number of anilines is 2. The molecule has 0 aliphatic carbocycles. The number of carbonyl (C=O) groups is 1. The molecule has 5 rings (SSSR count). The first kappa shape index (κ1) is 23.8. The van der Waals surface area contributed by atoms with Gasteiger partial charge in [-0.3, -0.25) is 9.78 Å². The Balaban J connectivity index is 1.63. The third kappa shape index (κ3) is 4.38. The highest BCUT2D eigenvalue weighted by Crippen LogP contribution is 2.43. The largest absolute Gasteiger partial charge is 0.351 e. The van der Waals surface area contributed by atoms with E-state index in [1.54, 1.807) is 0 Å². The average molecular weight is 496 g/mol. The topological polar surface area (TPSA) is 62.2 Å². The fraction of sp³-hybridized carbons (Fsp3) is 0.207. The zero-order valence-corrected chi connectivity index (χ0v) is 21.6. The summed E-state index contributed by atoms with van der Waals surface area (Å²) in [4.78, 5) is 18.3. The maximum absolute atomic E-state index is 11.5. The highest BCUT2D eigenvalue weighted by Gasteiger charge is 2.42. The molecule has 4 aromatic rings. The van der Waals surface area contributed by atoms with Crippen molar-refractivity contribution in [3.05, 3.63) is 107 Å². The minimum atomic E-state index is -0.125. The van der Waals surface area contributed by atoms with Crippen molar-refractivity contribution < 1.29 is 4.79 Å². The highest BCUT2D eigenvalue weighted by atomic mass is 32.1. The van der Waals surface area contributed by atoms with Crippen LogP contribution < -0.4 is 15.5 Å².